The van der Waals surface area contributed by atoms with Gasteiger partial charge >= 0.3 is 0 Å². The molecule has 0 fully saturated rings. The fourth-order valence-corrected chi connectivity index (χ4v) is 5.44. The molecule has 0 bridgehead atoms. The smallest absolute Gasteiger partial charge is 0.243 e. The van der Waals surface area contributed by atoms with Crippen LogP contribution in [-0.4, -0.2) is 49.3 Å². The van der Waals surface area contributed by atoms with Gasteiger partial charge in [0.1, 0.15) is 11.6 Å². The molecule has 5 atom stereocenters. The number of aromatic nitrogens is 5. The van der Waals surface area contributed by atoms with Crippen molar-refractivity contribution in [2.24, 2.45) is 23.7 Å². The van der Waals surface area contributed by atoms with Gasteiger partial charge in [0.15, 0.2) is 5.82 Å². The average Bonchev–Trinajstić information content (AvgIpc) is 2.83. The van der Waals surface area contributed by atoms with E-state index in [0.717, 1.165) is 56.0 Å². The van der Waals surface area contributed by atoms with Crippen molar-refractivity contribution in [2.75, 3.05) is 21.3 Å². The molecule has 0 aliphatic carbocycles. The van der Waals surface area contributed by atoms with Crippen LogP contribution in [0.1, 0.15) is 108 Å². The standard InChI is InChI=1S/C31H57N9/c1-20(2)13-24(8)35-28-17-33-29(18-32-28)36-26(10)16-23(7)11-12-27(15-22(5)6)38-30-19-34-31(40-39-30)37-25(9)14-21(3)4/h17-27H,11-16H2,1-10H3,(H,32,35)(H,33,36)(H,38,39)(H,34,37,40). The Morgan fingerprint density at radius 1 is 0.500 bits per heavy atom. The van der Waals surface area contributed by atoms with Gasteiger partial charge in [-0.1, -0.05) is 48.5 Å². The van der Waals surface area contributed by atoms with Crippen LogP contribution in [-0.2, 0) is 0 Å². The molecule has 2 rings (SSSR count). The zero-order valence-corrected chi connectivity index (χ0v) is 26.8. The third kappa shape index (κ3) is 14.1. The summed E-state index contributed by atoms with van der Waals surface area (Å²) in [6.07, 6.45) is 12.0. The molecule has 0 saturated carbocycles. The Morgan fingerprint density at radius 3 is 1.48 bits per heavy atom. The van der Waals surface area contributed by atoms with E-state index in [1.807, 2.05) is 12.4 Å². The van der Waals surface area contributed by atoms with Gasteiger partial charge in [-0.2, -0.15) is 0 Å². The van der Waals surface area contributed by atoms with Crippen molar-refractivity contribution < 1.29 is 0 Å². The molecule has 9 nitrogen and oxygen atoms in total. The Balaban J connectivity index is 1.81. The van der Waals surface area contributed by atoms with Crippen molar-refractivity contribution in [3.63, 3.8) is 0 Å². The summed E-state index contributed by atoms with van der Waals surface area (Å²) in [5, 5.41) is 22.6. The molecule has 40 heavy (non-hydrogen) atoms. The van der Waals surface area contributed by atoms with Gasteiger partial charge in [0, 0.05) is 24.2 Å². The first-order valence-electron chi connectivity index (χ1n) is 15.5. The van der Waals surface area contributed by atoms with E-state index in [1.165, 1.54) is 0 Å². The quantitative estimate of drug-likeness (QED) is 0.140. The van der Waals surface area contributed by atoms with E-state index in [4.69, 9.17) is 0 Å². The van der Waals surface area contributed by atoms with Crippen LogP contribution >= 0.6 is 0 Å². The van der Waals surface area contributed by atoms with E-state index in [1.54, 1.807) is 6.20 Å². The molecule has 0 amide bonds. The number of hydrogen-bond acceptors (Lipinski definition) is 9. The number of rotatable bonds is 19. The van der Waals surface area contributed by atoms with Crippen LogP contribution < -0.4 is 21.3 Å². The van der Waals surface area contributed by atoms with Crippen molar-refractivity contribution in [3.8, 4) is 0 Å². The number of nitrogens with one attached hydrogen (secondary N) is 4. The summed E-state index contributed by atoms with van der Waals surface area (Å²) in [4.78, 5) is 13.6. The van der Waals surface area contributed by atoms with E-state index in [9.17, 15) is 0 Å². The number of hydrogen-bond donors (Lipinski definition) is 4. The molecule has 9 heteroatoms. The molecule has 0 spiro atoms. The van der Waals surface area contributed by atoms with Crippen LogP contribution in [0.3, 0.4) is 0 Å². The zero-order valence-electron chi connectivity index (χ0n) is 26.8. The Labute approximate surface area is 244 Å². The molecule has 0 radical (unpaired) electrons. The highest BCUT2D eigenvalue weighted by Crippen LogP contribution is 2.21. The molecular weight excluding hydrogens is 498 g/mol. The van der Waals surface area contributed by atoms with Crippen molar-refractivity contribution in [1.82, 2.24) is 25.1 Å². The molecule has 0 saturated heterocycles. The molecule has 2 aromatic rings. The predicted octanol–water partition coefficient (Wildman–Crippen LogP) is 7.49. The third-order valence-electron chi connectivity index (χ3n) is 6.90. The lowest BCUT2D eigenvalue weighted by atomic mass is 9.92. The minimum absolute atomic E-state index is 0.313. The molecule has 0 aliphatic rings. The average molecular weight is 556 g/mol. The second-order valence-corrected chi connectivity index (χ2v) is 13.2. The maximum Gasteiger partial charge on any atom is 0.243 e. The molecule has 2 aromatic heterocycles. The number of nitrogens with zero attached hydrogens (tertiary/aromatic N) is 5. The van der Waals surface area contributed by atoms with Crippen molar-refractivity contribution in [3.05, 3.63) is 18.6 Å². The Hall–Kier alpha value is -2.71. The maximum absolute atomic E-state index is 4.58. The number of anilines is 4. The van der Waals surface area contributed by atoms with Gasteiger partial charge < -0.3 is 21.3 Å². The monoisotopic (exact) mass is 555 g/mol. The van der Waals surface area contributed by atoms with E-state index >= 15 is 0 Å². The lowest BCUT2D eigenvalue weighted by Crippen LogP contribution is -2.25. The summed E-state index contributed by atoms with van der Waals surface area (Å²) < 4.78 is 0. The molecule has 4 N–H and O–H groups in total. The van der Waals surface area contributed by atoms with Gasteiger partial charge in [-0.3, -0.25) is 0 Å². The molecule has 5 unspecified atom stereocenters. The fraction of sp³-hybridized carbons (Fsp3) is 0.774. The highest BCUT2D eigenvalue weighted by molar-refractivity contribution is 5.40. The van der Waals surface area contributed by atoms with Crippen LogP contribution in [0.5, 0.6) is 0 Å². The SMILES string of the molecule is CC(C)CC(C)Nc1cnc(NC(C)CC(C)CCC(CC(C)C)Nc2cnc(NC(C)CC(C)C)nn2)cn1. The highest BCUT2D eigenvalue weighted by atomic mass is 15.3. The normalized spacial score (nSPS) is 15.5. The minimum Gasteiger partial charge on any atom is -0.366 e. The lowest BCUT2D eigenvalue weighted by molar-refractivity contribution is 0.406. The van der Waals surface area contributed by atoms with Gasteiger partial charge in [0.05, 0.1) is 18.6 Å². The minimum atomic E-state index is 0.313. The summed E-state index contributed by atoms with van der Waals surface area (Å²) in [7, 11) is 0. The van der Waals surface area contributed by atoms with Crippen LogP contribution in [0.4, 0.5) is 23.4 Å². The fourth-order valence-electron chi connectivity index (χ4n) is 5.44. The summed E-state index contributed by atoms with van der Waals surface area (Å²) in [5.74, 6) is 5.42. The second-order valence-electron chi connectivity index (χ2n) is 13.2. The molecule has 226 valence electrons. The molecule has 2 heterocycles. The first kappa shape index (κ1) is 33.5. The molecular formula is C31H57N9. The Kier molecular flexibility index (Phi) is 14.4. The Bertz CT molecular complexity index is 931. The summed E-state index contributed by atoms with van der Waals surface area (Å²) in [6.45, 7) is 22.3. The zero-order chi connectivity index (χ0) is 29.7. The predicted molar refractivity (Wildman–Crippen MR) is 170 cm³/mol. The van der Waals surface area contributed by atoms with E-state index in [0.29, 0.717) is 53.8 Å². The van der Waals surface area contributed by atoms with E-state index < -0.39 is 0 Å². The van der Waals surface area contributed by atoms with Crippen LogP contribution in [0.25, 0.3) is 0 Å². The first-order valence-corrected chi connectivity index (χ1v) is 15.5. The largest absolute Gasteiger partial charge is 0.366 e. The second kappa shape index (κ2) is 17.2. The molecule has 0 aliphatic heterocycles. The van der Waals surface area contributed by atoms with Crippen LogP contribution in [0.2, 0.25) is 0 Å². The van der Waals surface area contributed by atoms with Crippen molar-refractivity contribution >= 4 is 23.4 Å². The first-order chi connectivity index (χ1) is 18.9. The van der Waals surface area contributed by atoms with Crippen molar-refractivity contribution in [2.45, 2.75) is 132 Å². The highest BCUT2D eigenvalue weighted by Gasteiger charge is 2.17. The van der Waals surface area contributed by atoms with E-state index in [2.05, 4.69) is 116 Å². The van der Waals surface area contributed by atoms with E-state index in [-0.39, 0.29) is 0 Å². The third-order valence-corrected chi connectivity index (χ3v) is 6.90. The van der Waals surface area contributed by atoms with Crippen molar-refractivity contribution in [1.29, 1.82) is 0 Å². The summed E-state index contributed by atoms with van der Waals surface area (Å²) >= 11 is 0. The van der Waals surface area contributed by atoms with Gasteiger partial charge in [-0.05, 0) is 83.0 Å². The topological polar surface area (TPSA) is 113 Å². The summed E-state index contributed by atoms with van der Waals surface area (Å²) in [5.41, 5.74) is 0. The van der Waals surface area contributed by atoms with Crippen LogP contribution in [0, 0.1) is 23.7 Å². The van der Waals surface area contributed by atoms with Gasteiger partial charge in [0.2, 0.25) is 5.95 Å². The summed E-state index contributed by atoms with van der Waals surface area (Å²) in [6, 6.07) is 1.35. The Morgan fingerprint density at radius 2 is 1.00 bits per heavy atom. The van der Waals surface area contributed by atoms with Gasteiger partial charge in [-0.25, -0.2) is 15.0 Å². The van der Waals surface area contributed by atoms with Gasteiger partial charge in [0.25, 0.3) is 0 Å². The lowest BCUT2D eigenvalue weighted by Gasteiger charge is -2.24. The van der Waals surface area contributed by atoms with Crippen LogP contribution in [0.15, 0.2) is 18.6 Å². The van der Waals surface area contributed by atoms with Gasteiger partial charge in [-0.15, -0.1) is 10.2 Å². The maximum atomic E-state index is 4.58. The molecule has 0 aromatic carbocycles.